The van der Waals surface area contributed by atoms with Gasteiger partial charge in [-0.15, -0.1) is 5.10 Å². The van der Waals surface area contributed by atoms with Crippen molar-refractivity contribution in [2.45, 2.75) is 31.6 Å². The summed E-state index contributed by atoms with van der Waals surface area (Å²) in [5.41, 5.74) is 1.31. The third kappa shape index (κ3) is 3.47. The number of aryl methyl sites for hydroxylation is 1. The Morgan fingerprint density at radius 1 is 1.42 bits per heavy atom. The Hall–Kier alpha value is -1.86. The maximum absolute atomic E-state index is 13.7. The number of hydrogen-bond acceptors (Lipinski definition) is 5. The zero-order chi connectivity index (χ0) is 17.0. The fourth-order valence-corrected chi connectivity index (χ4v) is 3.76. The van der Waals surface area contributed by atoms with Gasteiger partial charge in [-0.25, -0.2) is 4.39 Å². The van der Waals surface area contributed by atoms with Crippen LogP contribution < -0.4 is 5.32 Å². The summed E-state index contributed by atoms with van der Waals surface area (Å²) in [7, 11) is 0. The summed E-state index contributed by atoms with van der Waals surface area (Å²) in [4.78, 5) is 13.0. The van der Waals surface area contributed by atoms with Crippen molar-refractivity contribution in [1.82, 2.24) is 14.9 Å². The van der Waals surface area contributed by atoms with Crippen LogP contribution in [0.25, 0.3) is 0 Å². The lowest BCUT2D eigenvalue weighted by Crippen LogP contribution is -2.44. The molecule has 0 unspecified atom stereocenters. The van der Waals surface area contributed by atoms with E-state index in [1.807, 2.05) is 13.0 Å². The molecule has 1 aliphatic heterocycles. The topological polar surface area (TPSA) is 64.1 Å². The number of amides is 1. The Kier molecular flexibility index (Phi) is 5.20. The average molecular weight is 349 g/mol. The van der Waals surface area contributed by atoms with Crippen molar-refractivity contribution in [1.29, 1.82) is 0 Å². The summed E-state index contributed by atoms with van der Waals surface area (Å²) in [5, 5.41) is 6.98. The van der Waals surface area contributed by atoms with E-state index in [9.17, 15) is 9.18 Å². The normalized spacial score (nSPS) is 16.8. The molecule has 0 bridgehead atoms. The van der Waals surface area contributed by atoms with Crippen molar-refractivity contribution < 1.29 is 13.9 Å². The Balaban J connectivity index is 1.79. The van der Waals surface area contributed by atoms with Crippen LogP contribution >= 0.6 is 11.5 Å². The number of hydrogen-bond donors (Lipinski definition) is 1. The van der Waals surface area contributed by atoms with Gasteiger partial charge in [-0.2, -0.15) is 0 Å². The fourth-order valence-electron chi connectivity index (χ4n) is 3.09. The predicted molar refractivity (Wildman–Crippen MR) is 89.8 cm³/mol. The lowest BCUT2D eigenvalue weighted by atomic mass is 9.74. The second-order valence-corrected chi connectivity index (χ2v) is 6.74. The molecule has 128 valence electrons. The molecule has 1 amide bonds. The van der Waals surface area contributed by atoms with E-state index >= 15 is 0 Å². The molecule has 3 rings (SSSR count). The maximum atomic E-state index is 13.7. The van der Waals surface area contributed by atoms with Gasteiger partial charge in [-0.05, 0) is 48.5 Å². The van der Waals surface area contributed by atoms with E-state index < -0.39 is 0 Å². The number of aromatic nitrogens is 2. The van der Waals surface area contributed by atoms with Crippen molar-refractivity contribution in [2.75, 3.05) is 19.8 Å². The first-order valence-electron chi connectivity index (χ1n) is 8.08. The van der Waals surface area contributed by atoms with Crippen molar-refractivity contribution in [3.8, 4) is 0 Å². The highest BCUT2D eigenvalue weighted by Gasteiger charge is 2.35. The lowest BCUT2D eigenvalue weighted by molar-refractivity contribution is 0.0486. The molecule has 0 radical (unpaired) electrons. The van der Waals surface area contributed by atoms with Gasteiger partial charge in [-0.3, -0.25) is 4.79 Å². The molecule has 2 heterocycles. The number of halogens is 1. The van der Waals surface area contributed by atoms with Gasteiger partial charge < -0.3 is 10.1 Å². The van der Waals surface area contributed by atoms with Gasteiger partial charge in [0.1, 0.15) is 10.7 Å². The van der Waals surface area contributed by atoms with Gasteiger partial charge in [0.05, 0.1) is 5.69 Å². The Labute approximate surface area is 144 Å². The number of carbonyl (C=O) groups excluding carboxylic acids is 1. The fraction of sp³-hybridized carbons (Fsp3) is 0.471. The number of rotatable bonds is 5. The molecule has 5 nitrogen and oxygen atoms in total. The molecule has 24 heavy (non-hydrogen) atoms. The standard InChI is InChI=1S/C17H20FN3O2S/c1-2-14-15(24-21-20-14)16(22)19-11-17(6-8-23-9-7-17)12-4-3-5-13(18)10-12/h3-5,10H,2,6-9,11H2,1H3,(H,19,22). The largest absolute Gasteiger partial charge is 0.381 e. The Bertz CT molecular complexity index is 713. The molecule has 0 atom stereocenters. The van der Waals surface area contributed by atoms with Crippen LogP contribution in [0.3, 0.4) is 0 Å². The van der Waals surface area contributed by atoms with E-state index in [1.54, 1.807) is 12.1 Å². The highest BCUT2D eigenvalue weighted by molar-refractivity contribution is 7.08. The maximum Gasteiger partial charge on any atom is 0.264 e. The van der Waals surface area contributed by atoms with Crippen LogP contribution in [0.1, 0.15) is 40.7 Å². The van der Waals surface area contributed by atoms with E-state index in [1.165, 1.54) is 6.07 Å². The highest BCUT2D eigenvalue weighted by atomic mass is 32.1. The zero-order valence-electron chi connectivity index (χ0n) is 13.5. The van der Waals surface area contributed by atoms with Crippen LogP contribution in [0, 0.1) is 5.82 Å². The molecule has 1 N–H and O–H groups in total. The molecular formula is C17H20FN3O2S. The molecule has 0 spiro atoms. The molecule has 1 aromatic heterocycles. The number of benzene rings is 1. The Morgan fingerprint density at radius 2 is 2.21 bits per heavy atom. The van der Waals surface area contributed by atoms with Crippen molar-refractivity contribution in [3.05, 3.63) is 46.2 Å². The van der Waals surface area contributed by atoms with Crippen molar-refractivity contribution in [2.24, 2.45) is 0 Å². The van der Waals surface area contributed by atoms with Gasteiger partial charge in [0, 0.05) is 25.2 Å². The van der Waals surface area contributed by atoms with Gasteiger partial charge in [0.2, 0.25) is 0 Å². The minimum absolute atomic E-state index is 0.163. The van der Waals surface area contributed by atoms with Crippen LogP contribution in [0.4, 0.5) is 4.39 Å². The van der Waals surface area contributed by atoms with Crippen LogP contribution in [0.5, 0.6) is 0 Å². The molecule has 1 aliphatic rings. The smallest absolute Gasteiger partial charge is 0.264 e. The molecular weight excluding hydrogens is 329 g/mol. The van der Waals surface area contributed by atoms with Crippen LogP contribution in [-0.4, -0.2) is 35.3 Å². The summed E-state index contributed by atoms with van der Waals surface area (Å²) in [6.45, 7) is 3.60. The number of nitrogens with one attached hydrogen (secondary N) is 1. The highest BCUT2D eigenvalue weighted by Crippen LogP contribution is 2.34. The van der Waals surface area contributed by atoms with E-state index in [-0.39, 0.29) is 17.1 Å². The summed E-state index contributed by atoms with van der Waals surface area (Å²) in [5.74, 6) is -0.422. The SMILES string of the molecule is CCc1nnsc1C(=O)NCC1(c2cccc(F)c2)CCOCC1. The van der Waals surface area contributed by atoms with Crippen LogP contribution in [0.15, 0.2) is 24.3 Å². The van der Waals surface area contributed by atoms with E-state index in [4.69, 9.17) is 4.74 Å². The molecule has 1 saturated heterocycles. The monoisotopic (exact) mass is 349 g/mol. The van der Waals surface area contributed by atoms with E-state index in [2.05, 4.69) is 14.9 Å². The zero-order valence-corrected chi connectivity index (χ0v) is 14.4. The van der Waals surface area contributed by atoms with Gasteiger partial charge in [-0.1, -0.05) is 23.5 Å². The van der Waals surface area contributed by atoms with E-state index in [0.717, 1.165) is 29.9 Å². The summed E-state index contributed by atoms with van der Waals surface area (Å²) < 4.78 is 23.0. The molecule has 1 aromatic carbocycles. The van der Waals surface area contributed by atoms with Gasteiger partial charge >= 0.3 is 0 Å². The average Bonchev–Trinajstić information content (AvgIpc) is 3.09. The molecule has 0 aliphatic carbocycles. The number of nitrogens with zero attached hydrogens (tertiary/aromatic N) is 2. The molecule has 1 fully saturated rings. The third-order valence-electron chi connectivity index (χ3n) is 4.57. The second-order valence-electron chi connectivity index (χ2n) is 5.99. The first-order valence-corrected chi connectivity index (χ1v) is 8.85. The van der Waals surface area contributed by atoms with Gasteiger partial charge in [0.25, 0.3) is 5.91 Å². The lowest BCUT2D eigenvalue weighted by Gasteiger charge is -2.38. The number of ether oxygens (including phenoxy) is 1. The minimum atomic E-state index is -0.305. The first-order chi connectivity index (χ1) is 11.6. The predicted octanol–water partition coefficient (Wildman–Crippen LogP) is 2.72. The van der Waals surface area contributed by atoms with Crippen molar-refractivity contribution >= 4 is 17.4 Å². The summed E-state index contributed by atoms with van der Waals surface area (Å²) >= 11 is 1.11. The number of carbonyl (C=O) groups is 1. The van der Waals surface area contributed by atoms with Crippen molar-refractivity contribution in [3.63, 3.8) is 0 Å². The van der Waals surface area contributed by atoms with Gasteiger partial charge in [0.15, 0.2) is 0 Å². The van der Waals surface area contributed by atoms with Crippen LogP contribution in [0.2, 0.25) is 0 Å². The first kappa shape index (κ1) is 17.0. The molecule has 2 aromatic rings. The molecule has 0 saturated carbocycles. The summed E-state index contributed by atoms with van der Waals surface area (Å²) in [6, 6.07) is 6.63. The van der Waals surface area contributed by atoms with Crippen LogP contribution in [-0.2, 0) is 16.6 Å². The third-order valence-corrected chi connectivity index (χ3v) is 5.34. The Morgan fingerprint density at radius 3 is 2.92 bits per heavy atom. The second kappa shape index (κ2) is 7.36. The molecule has 7 heteroatoms. The van der Waals surface area contributed by atoms with E-state index in [0.29, 0.717) is 36.8 Å². The summed E-state index contributed by atoms with van der Waals surface area (Å²) in [6.07, 6.45) is 2.17. The minimum Gasteiger partial charge on any atom is -0.381 e. The quantitative estimate of drug-likeness (QED) is 0.901.